The Morgan fingerprint density at radius 3 is 2.62 bits per heavy atom. The van der Waals surface area contributed by atoms with Gasteiger partial charge in [0.15, 0.2) is 5.17 Å². The molecule has 150 valence electrons. The number of hydrogen-bond acceptors (Lipinski definition) is 4. The Bertz CT molecular complexity index is 953. The first-order chi connectivity index (χ1) is 14.2. The third-order valence-electron chi connectivity index (χ3n) is 5.24. The molecule has 0 radical (unpaired) electrons. The number of benzene rings is 2. The minimum absolute atomic E-state index is 0.0404. The van der Waals surface area contributed by atoms with Gasteiger partial charge in [-0.3, -0.25) is 9.69 Å². The van der Waals surface area contributed by atoms with Gasteiger partial charge in [-0.1, -0.05) is 53.4 Å². The highest BCUT2D eigenvalue weighted by atomic mass is 79.9. The Balaban J connectivity index is 1.73. The van der Waals surface area contributed by atoms with E-state index in [2.05, 4.69) is 15.9 Å². The molecule has 2 aromatic rings. The van der Waals surface area contributed by atoms with Crippen molar-refractivity contribution in [2.45, 2.75) is 38.1 Å². The number of rotatable bonds is 4. The van der Waals surface area contributed by atoms with Gasteiger partial charge in [0.1, 0.15) is 5.75 Å². The molecule has 0 aromatic heterocycles. The van der Waals surface area contributed by atoms with Gasteiger partial charge in [-0.05, 0) is 61.0 Å². The number of amidine groups is 1. The molecule has 0 unspecified atom stereocenters. The van der Waals surface area contributed by atoms with Crippen LogP contribution in [0.15, 0.2) is 62.9 Å². The first-order valence-electron chi connectivity index (χ1n) is 9.86. The normalized spacial score (nSPS) is 20.6. The van der Waals surface area contributed by atoms with Gasteiger partial charge in [-0.2, -0.15) is 0 Å². The van der Waals surface area contributed by atoms with Gasteiger partial charge in [0, 0.05) is 16.1 Å². The van der Waals surface area contributed by atoms with Crippen molar-refractivity contribution in [3.8, 4) is 5.75 Å². The van der Waals surface area contributed by atoms with Crippen molar-refractivity contribution >= 4 is 50.5 Å². The molecule has 0 spiro atoms. The summed E-state index contributed by atoms with van der Waals surface area (Å²) in [5.41, 5.74) is 1.74. The lowest BCUT2D eigenvalue weighted by molar-refractivity contribution is -0.124. The van der Waals surface area contributed by atoms with Crippen molar-refractivity contribution in [3.05, 3.63) is 63.5 Å². The van der Waals surface area contributed by atoms with Crippen LogP contribution in [-0.2, 0) is 4.79 Å². The molecule has 1 saturated carbocycles. The van der Waals surface area contributed by atoms with Gasteiger partial charge in [0.05, 0.1) is 17.7 Å². The highest BCUT2D eigenvalue weighted by Crippen LogP contribution is 2.39. The number of amides is 1. The van der Waals surface area contributed by atoms with Gasteiger partial charge in [0.2, 0.25) is 0 Å². The van der Waals surface area contributed by atoms with E-state index in [9.17, 15) is 4.79 Å². The molecule has 29 heavy (non-hydrogen) atoms. The number of nitrogens with zero attached hydrogens (tertiary/aromatic N) is 2. The van der Waals surface area contributed by atoms with Crippen molar-refractivity contribution in [1.82, 2.24) is 4.90 Å². The molecule has 0 N–H and O–H groups in total. The molecule has 4 rings (SSSR count). The fourth-order valence-corrected chi connectivity index (χ4v) is 5.23. The fraction of sp³-hybridized carbons (Fsp3) is 0.304. The second kappa shape index (κ2) is 9.18. The van der Waals surface area contributed by atoms with Crippen LogP contribution in [0.3, 0.4) is 0 Å². The molecular weight excluding hydrogens is 448 g/mol. The summed E-state index contributed by atoms with van der Waals surface area (Å²) in [6.07, 6.45) is 7.56. The first-order valence-corrected chi connectivity index (χ1v) is 11.5. The molecule has 1 saturated heterocycles. The van der Waals surface area contributed by atoms with E-state index in [0.717, 1.165) is 52.3 Å². The predicted molar refractivity (Wildman–Crippen MR) is 124 cm³/mol. The minimum atomic E-state index is 0.0404. The highest BCUT2D eigenvalue weighted by Gasteiger charge is 2.38. The van der Waals surface area contributed by atoms with Crippen LogP contribution in [0.2, 0.25) is 0 Å². The summed E-state index contributed by atoms with van der Waals surface area (Å²) >= 11 is 4.96. The molecular formula is C23H23BrN2O2S. The maximum atomic E-state index is 13.4. The largest absolute Gasteiger partial charge is 0.496 e. The molecule has 2 aliphatic rings. The zero-order valence-corrected chi connectivity index (χ0v) is 18.7. The predicted octanol–water partition coefficient (Wildman–Crippen LogP) is 6.39. The maximum absolute atomic E-state index is 13.4. The zero-order valence-electron chi connectivity index (χ0n) is 16.3. The number of ether oxygens (including phenoxy) is 1. The lowest BCUT2D eigenvalue weighted by atomic mass is 9.94. The van der Waals surface area contributed by atoms with Crippen LogP contribution in [0.1, 0.15) is 37.7 Å². The molecule has 2 aromatic carbocycles. The highest BCUT2D eigenvalue weighted by molar-refractivity contribution is 9.10. The quantitative estimate of drug-likeness (QED) is 0.485. The molecule has 6 heteroatoms. The third-order valence-corrected chi connectivity index (χ3v) is 6.71. The summed E-state index contributed by atoms with van der Waals surface area (Å²) in [5.74, 6) is 0.783. The zero-order chi connectivity index (χ0) is 20.2. The number of aliphatic imine (C=N–C) groups is 1. The number of halogens is 1. The van der Waals surface area contributed by atoms with Crippen LogP contribution in [-0.4, -0.2) is 29.1 Å². The van der Waals surface area contributed by atoms with Crippen LogP contribution in [0, 0.1) is 0 Å². The van der Waals surface area contributed by atoms with Crippen molar-refractivity contribution in [2.24, 2.45) is 4.99 Å². The Morgan fingerprint density at radius 1 is 1.14 bits per heavy atom. The Labute approximate surface area is 184 Å². The number of carbonyl (C=O) groups is 1. The number of carbonyl (C=O) groups excluding carboxylic acids is 1. The molecule has 0 atom stereocenters. The van der Waals surface area contributed by atoms with E-state index >= 15 is 0 Å². The van der Waals surface area contributed by atoms with Crippen LogP contribution in [0.5, 0.6) is 5.75 Å². The van der Waals surface area contributed by atoms with Crippen LogP contribution < -0.4 is 4.74 Å². The summed E-state index contributed by atoms with van der Waals surface area (Å²) in [7, 11) is 1.64. The van der Waals surface area contributed by atoms with E-state index in [-0.39, 0.29) is 11.9 Å². The van der Waals surface area contributed by atoms with E-state index in [0.29, 0.717) is 4.91 Å². The average Bonchev–Trinajstić information content (AvgIpc) is 3.04. The summed E-state index contributed by atoms with van der Waals surface area (Å²) in [6.45, 7) is 0. The van der Waals surface area contributed by atoms with Gasteiger partial charge < -0.3 is 4.74 Å². The van der Waals surface area contributed by atoms with E-state index in [4.69, 9.17) is 9.73 Å². The number of hydrogen-bond donors (Lipinski definition) is 0. The molecule has 1 aliphatic carbocycles. The fourth-order valence-electron chi connectivity index (χ4n) is 3.80. The lowest BCUT2D eigenvalue weighted by Gasteiger charge is -2.30. The van der Waals surface area contributed by atoms with Crippen LogP contribution in [0.25, 0.3) is 6.08 Å². The van der Waals surface area contributed by atoms with E-state index in [1.54, 1.807) is 7.11 Å². The third kappa shape index (κ3) is 4.59. The standard InChI is InChI=1S/C23H23BrN2O2S/c1-28-20-13-12-17(24)14-16(20)15-21-22(27)26(19-10-6-3-7-11-19)23(29-21)25-18-8-4-2-5-9-18/h2,4-5,8-9,12-15,19H,3,6-7,10-11H2,1H3. The molecule has 1 aliphatic heterocycles. The van der Waals surface area contributed by atoms with Crippen molar-refractivity contribution in [3.63, 3.8) is 0 Å². The number of methoxy groups -OCH3 is 1. The summed E-state index contributed by atoms with van der Waals surface area (Å²) in [6, 6.07) is 15.9. The summed E-state index contributed by atoms with van der Waals surface area (Å²) in [5, 5.41) is 0.772. The van der Waals surface area contributed by atoms with Gasteiger partial charge in [-0.15, -0.1) is 0 Å². The van der Waals surface area contributed by atoms with Crippen molar-refractivity contribution in [1.29, 1.82) is 0 Å². The number of para-hydroxylation sites is 1. The smallest absolute Gasteiger partial charge is 0.267 e. The Morgan fingerprint density at radius 2 is 1.90 bits per heavy atom. The summed E-state index contributed by atoms with van der Waals surface area (Å²) < 4.78 is 6.43. The SMILES string of the molecule is COc1ccc(Br)cc1C=C1SC(=Nc2ccccc2)N(C2CCCCC2)C1=O. The second-order valence-electron chi connectivity index (χ2n) is 7.19. The molecule has 1 amide bonds. The second-order valence-corrected chi connectivity index (χ2v) is 9.12. The molecule has 0 bridgehead atoms. The van der Waals surface area contributed by atoms with E-state index in [1.165, 1.54) is 18.2 Å². The minimum Gasteiger partial charge on any atom is -0.496 e. The monoisotopic (exact) mass is 470 g/mol. The van der Waals surface area contributed by atoms with Crippen molar-refractivity contribution in [2.75, 3.05) is 7.11 Å². The lowest BCUT2D eigenvalue weighted by Crippen LogP contribution is -2.40. The van der Waals surface area contributed by atoms with Crippen LogP contribution >= 0.6 is 27.7 Å². The van der Waals surface area contributed by atoms with Crippen LogP contribution in [0.4, 0.5) is 5.69 Å². The van der Waals surface area contributed by atoms with Gasteiger partial charge >= 0.3 is 0 Å². The number of thioether (sulfide) groups is 1. The maximum Gasteiger partial charge on any atom is 0.267 e. The summed E-state index contributed by atoms with van der Waals surface area (Å²) in [4.78, 5) is 20.8. The first kappa shape index (κ1) is 20.2. The molecule has 4 nitrogen and oxygen atoms in total. The Hall–Kier alpha value is -2.05. The van der Waals surface area contributed by atoms with E-state index < -0.39 is 0 Å². The molecule has 2 fully saturated rings. The van der Waals surface area contributed by atoms with Gasteiger partial charge in [-0.25, -0.2) is 4.99 Å². The average molecular weight is 471 g/mol. The Kier molecular flexibility index (Phi) is 6.40. The van der Waals surface area contributed by atoms with E-state index in [1.807, 2.05) is 59.5 Å². The molecule has 1 heterocycles. The topological polar surface area (TPSA) is 41.9 Å². The van der Waals surface area contributed by atoms with Crippen molar-refractivity contribution < 1.29 is 9.53 Å². The van der Waals surface area contributed by atoms with Gasteiger partial charge in [0.25, 0.3) is 5.91 Å².